The molecule has 230 valence electrons. The molecule has 0 saturated heterocycles. The topological polar surface area (TPSA) is 139 Å². The van der Waals surface area contributed by atoms with Crippen LogP contribution in [-0.2, 0) is 9.53 Å². The zero-order valence-electron chi connectivity index (χ0n) is 24.5. The van der Waals surface area contributed by atoms with Gasteiger partial charge in [0.1, 0.15) is 5.75 Å². The van der Waals surface area contributed by atoms with E-state index in [0.717, 1.165) is 11.3 Å². The van der Waals surface area contributed by atoms with E-state index in [1.807, 2.05) is 30.3 Å². The molecule has 5 aromatic rings. The molecule has 2 aromatic heterocycles. The number of methoxy groups -OCH3 is 1. The Hall–Kier alpha value is -5.40. The molecule has 0 unspecified atom stereocenters. The van der Waals surface area contributed by atoms with Crippen molar-refractivity contribution in [2.75, 3.05) is 13.7 Å². The minimum Gasteiger partial charge on any atom is -0.497 e. The van der Waals surface area contributed by atoms with Crippen molar-refractivity contribution in [2.24, 2.45) is 4.99 Å². The van der Waals surface area contributed by atoms with Crippen LogP contribution in [0, 0.1) is 10.1 Å². The van der Waals surface area contributed by atoms with Crippen molar-refractivity contribution in [3.05, 3.63) is 143 Å². The number of benzene rings is 3. The monoisotopic (exact) mass is 651 g/mol. The molecule has 0 spiro atoms. The molecular weight excluding hydrogens is 627 g/mol. The number of carbonyl (C=O) groups is 1. The van der Waals surface area contributed by atoms with Gasteiger partial charge in [-0.1, -0.05) is 53.8 Å². The van der Waals surface area contributed by atoms with Crippen molar-refractivity contribution in [3.8, 4) is 5.75 Å². The second-order valence-corrected chi connectivity index (χ2v) is 11.8. The highest BCUT2D eigenvalue weighted by Crippen LogP contribution is 2.36. The summed E-state index contributed by atoms with van der Waals surface area (Å²) in [5.74, 6) is 0.0136. The molecule has 0 radical (unpaired) electrons. The largest absolute Gasteiger partial charge is 0.497 e. The lowest BCUT2D eigenvalue weighted by Crippen LogP contribution is -2.40. The third kappa shape index (κ3) is 6.10. The van der Waals surface area contributed by atoms with Gasteiger partial charge in [0, 0.05) is 35.0 Å². The van der Waals surface area contributed by atoms with E-state index in [9.17, 15) is 19.7 Å². The van der Waals surface area contributed by atoms with E-state index in [2.05, 4.69) is 9.97 Å². The molecule has 11 nitrogen and oxygen atoms in total. The molecule has 3 heterocycles. The van der Waals surface area contributed by atoms with Gasteiger partial charge in [-0.25, -0.2) is 19.8 Å². The summed E-state index contributed by atoms with van der Waals surface area (Å²) in [5, 5.41) is 12.1. The highest BCUT2D eigenvalue weighted by Gasteiger charge is 2.35. The van der Waals surface area contributed by atoms with Gasteiger partial charge in [-0.3, -0.25) is 19.5 Å². The summed E-state index contributed by atoms with van der Waals surface area (Å²) in [6.45, 7) is 1.84. The first-order valence-corrected chi connectivity index (χ1v) is 15.7. The lowest BCUT2D eigenvalue weighted by Gasteiger charge is -2.26. The van der Waals surface area contributed by atoms with Gasteiger partial charge in [0.25, 0.3) is 11.2 Å². The van der Waals surface area contributed by atoms with Crippen LogP contribution in [0.2, 0.25) is 0 Å². The van der Waals surface area contributed by atoms with Crippen LogP contribution in [0.15, 0.2) is 117 Å². The summed E-state index contributed by atoms with van der Waals surface area (Å²) in [6.07, 6.45) is 4.80. The van der Waals surface area contributed by atoms with Crippen LogP contribution in [0.1, 0.15) is 29.7 Å². The lowest BCUT2D eigenvalue weighted by atomic mass is 9.93. The fraction of sp³-hybridized carbons (Fsp3) is 0.121. The third-order valence-electron chi connectivity index (χ3n) is 7.04. The van der Waals surface area contributed by atoms with E-state index in [1.165, 1.54) is 28.5 Å². The Morgan fingerprint density at radius 2 is 1.80 bits per heavy atom. The van der Waals surface area contributed by atoms with Crippen molar-refractivity contribution in [2.45, 2.75) is 23.0 Å². The van der Waals surface area contributed by atoms with Crippen LogP contribution in [-0.4, -0.2) is 39.1 Å². The number of aromatic nitrogens is 3. The molecule has 46 heavy (non-hydrogen) atoms. The Balaban J connectivity index is 1.61. The zero-order chi connectivity index (χ0) is 32.2. The first-order chi connectivity index (χ1) is 22.4. The molecule has 1 atom stereocenters. The molecule has 3 aromatic carbocycles. The summed E-state index contributed by atoms with van der Waals surface area (Å²) >= 11 is 2.34. The fourth-order valence-electron chi connectivity index (χ4n) is 4.97. The minimum absolute atomic E-state index is 0.127. The summed E-state index contributed by atoms with van der Waals surface area (Å²) in [6, 6.07) is 21.6. The molecule has 1 aliphatic rings. The van der Waals surface area contributed by atoms with Crippen LogP contribution in [0.3, 0.4) is 0 Å². The van der Waals surface area contributed by atoms with Gasteiger partial charge in [-0.15, -0.1) is 0 Å². The Bertz CT molecular complexity index is 2150. The van der Waals surface area contributed by atoms with Crippen molar-refractivity contribution < 1.29 is 19.2 Å². The molecule has 0 bridgehead atoms. The second kappa shape index (κ2) is 13.3. The van der Waals surface area contributed by atoms with Gasteiger partial charge in [0.05, 0.1) is 40.5 Å². The maximum atomic E-state index is 14.3. The zero-order valence-corrected chi connectivity index (χ0v) is 26.2. The number of nitro benzene ring substituents is 1. The number of non-ortho nitro benzene ring substituents is 1. The quantitative estimate of drug-likeness (QED) is 0.0953. The Morgan fingerprint density at radius 3 is 2.48 bits per heavy atom. The average Bonchev–Trinajstić information content (AvgIpc) is 3.39. The first kappa shape index (κ1) is 30.6. The van der Waals surface area contributed by atoms with Crippen LogP contribution >= 0.6 is 23.1 Å². The molecular formula is C33H25N5O6S2. The Labute approximate surface area is 270 Å². The number of ether oxygens (including phenoxy) is 2. The average molecular weight is 652 g/mol. The summed E-state index contributed by atoms with van der Waals surface area (Å²) in [5.41, 5.74) is 1.81. The molecule has 6 rings (SSSR count). The summed E-state index contributed by atoms with van der Waals surface area (Å²) in [7, 11) is 1.56. The van der Waals surface area contributed by atoms with Crippen molar-refractivity contribution >= 4 is 46.5 Å². The van der Waals surface area contributed by atoms with Crippen molar-refractivity contribution in [1.82, 2.24) is 14.5 Å². The van der Waals surface area contributed by atoms with Crippen LogP contribution in [0.5, 0.6) is 5.75 Å². The third-order valence-corrected chi connectivity index (χ3v) is 9.01. The Morgan fingerprint density at radius 1 is 1.07 bits per heavy atom. The van der Waals surface area contributed by atoms with Gasteiger partial charge >= 0.3 is 5.97 Å². The number of thiazole rings is 1. The number of rotatable bonds is 9. The molecule has 0 saturated carbocycles. The van der Waals surface area contributed by atoms with E-state index in [4.69, 9.17) is 14.5 Å². The number of fused-ring (bicyclic) bond motifs is 1. The maximum absolute atomic E-state index is 14.3. The van der Waals surface area contributed by atoms with Gasteiger partial charge in [-0.05, 0) is 60.2 Å². The number of esters is 1. The minimum atomic E-state index is -0.879. The lowest BCUT2D eigenvalue weighted by molar-refractivity contribution is -0.384. The number of carbonyl (C=O) groups excluding carboxylic acids is 1. The van der Waals surface area contributed by atoms with Crippen LogP contribution < -0.4 is 19.6 Å². The van der Waals surface area contributed by atoms with Gasteiger partial charge in [-0.2, -0.15) is 0 Å². The summed E-state index contributed by atoms with van der Waals surface area (Å²) in [4.78, 5) is 53.5. The molecule has 0 N–H and O–H groups in total. The highest BCUT2D eigenvalue weighted by atomic mass is 32.2. The normalized spacial score (nSPS) is 14.4. The second-order valence-electron chi connectivity index (χ2n) is 9.82. The number of hydrogen-bond donors (Lipinski definition) is 0. The number of hydrogen-bond acceptors (Lipinski definition) is 11. The Kier molecular flexibility index (Phi) is 8.85. The van der Waals surface area contributed by atoms with Crippen LogP contribution in [0.4, 0.5) is 5.69 Å². The van der Waals surface area contributed by atoms with Crippen molar-refractivity contribution in [3.63, 3.8) is 0 Å². The molecule has 0 fully saturated rings. The van der Waals surface area contributed by atoms with Crippen LogP contribution in [0.25, 0.3) is 11.8 Å². The summed E-state index contributed by atoms with van der Waals surface area (Å²) < 4.78 is 12.6. The standard InChI is InChI=1S/C33H25N5O6S2/c1-3-44-31(40)27-28(20-8-5-4-6-9-20)36-33-37(29(27)21-10-13-24(43-2)14-11-21)30(39)26(46-33)19-22-18-23(38(41)42)12-15-25(22)45-32-34-16-7-17-35-32/h4-19,29H,3H2,1-2H3/b26-19+/t29-/m1/s1. The van der Waals surface area contributed by atoms with Gasteiger partial charge in [0.2, 0.25) is 0 Å². The molecule has 13 heteroatoms. The highest BCUT2D eigenvalue weighted by molar-refractivity contribution is 7.99. The van der Waals surface area contributed by atoms with E-state index in [1.54, 1.807) is 68.9 Å². The van der Waals surface area contributed by atoms with Gasteiger partial charge < -0.3 is 9.47 Å². The smallest absolute Gasteiger partial charge is 0.338 e. The molecule has 0 aliphatic carbocycles. The molecule has 1 aliphatic heterocycles. The van der Waals surface area contributed by atoms with E-state index < -0.39 is 22.5 Å². The molecule has 0 amide bonds. The number of nitrogens with zero attached hydrogens (tertiary/aromatic N) is 5. The van der Waals surface area contributed by atoms with E-state index in [0.29, 0.717) is 43.0 Å². The SMILES string of the molecule is CCOC(=O)C1=C(c2ccccc2)N=c2s/c(=C/c3cc([N+](=O)[O-])ccc3Sc3ncccn3)c(=O)n2[C@@H]1c1ccc(OC)cc1. The predicted molar refractivity (Wildman–Crippen MR) is 173 cm³/mol. The van der Waals surface area contributed by atoms with Crippen molar-refractivity contribution in [1.29, 1.82) is 0 Å². The van der Waals surface area contributed by atoms with E-state index in [-0.39, 0.29) is 22.4 Å². The first-order valence-electron chi connectivity index (χ1n) is 14.0. The maximum Gasteiger partial charge on any atom is 0.338 e. The van der Waals surface area contributed by atoms with E-state index >= 15 is 0 Å². The fourth-order valence-corrected chi connectivity index (χ4v) is 6.76. The number of nitro groups is 1. The predicted octanol–water partition coefficient (Wildman–Crippen LogP) is 4.79. The van der Waals surface area contributed by atoms with Gasteiger partial charge in [0.15, 0.2) is 9.96 Å².